The van der Waals surface area contributed by atoms with Gasteiger partial charge in [0.25, 0.3) is 0 Å². The number of carbonyl (C=O) groups excluding carboxylic acids is 2. The van der Waals surface area contributed by atoms with Gasteiger partial charge in [-0.15, -0.1) is 0 Å². The molecule has 0 saturated carbocycles. The van der Waals surface area contributed by atoms with Gasteiger partial charge in [-0.2, -0.15) is 0 Å². The summed E-state index contributed by atoms with van der Waals surface area (Å²) in [5, 5.41) is 9.99. The van der Waals surface area contributed by atoms with E-state index in [1.807, 2.05) is 0 Å². The topological polar surface area (TPSA) is 85.3 Å². The number of hydrogen-bond donors (Lipinski definition) is 1. The standard InChI is InChI=1S/C14H25NO6/c1-5-19-13(18)20-11-9-15(8-6-7-10(11)16)12(17)21-14(2,3)4/h10-11,16H,5-9H2,1-4H3/t10-,11+/m0/s1. The molecule has 0 spiro atoms. The van der Waals surface area contributed by atoms with Gasteiger partial charge in [-0.05, 0) is 40.5 Å². The van der Waals surface area contributed by atoms with Gasteiger partial charge in [0, 0.05) is 6.54 Å². The fraction of sp³-hybridized carbons (Fsp3) is 0.857. The normalized spacial score (nSPS) is 23.2. The Morgan fingerprint density at radius 1 is 1.33 bits per heavy atom. The quantitative estimate of drug-likeness (QED) is 0.784. The van der Waals surface area contributed by atoms with Crippen LogP contribution in [0.3, 0.4) is 0 Å². The van der Waals surface area contributed by atoms with Gasteiger partial charge in [0.2, 0.25) is 0 Å². The first kappa shape index (κ1) is 17.6. The second kappa shape index (κ2) is 7.49. The lowest BCUT2D eigenvalue weighted by molar-refractivity contribution is -0.0404. The van der Waals surface area contributed by atoms with Gasteiger partial charge in [0.1, 0.15) is 11.7 Å². The fourth-order valence-electron chi connectivity index (χ4n) is 1.99. The molecule has 1 heterocycles. The minimum absolute atomic E-state index is 0.0922. The molecule has 7 nitrogen and oxygen atoms in total. The number of amides is 1. The van der Waals surface area contributed by atoms with Gasteiger partial charge in [-0.3, -0.25) is 0 Å². The highest BCUT2D eigenvalue weighted by Crippen LogP contribution is 2.18. The number of aliphatic hydroxyl groups is 1. The monoisotopic (exact) mass is 303 g/mol. The van der Waals surface area contributed by atoms with Crippen LogP contribution < -0.4 is 0 Å². The van der Waals surface area contributed by atoms with Crippen molar-refractivity contribution in [3.8, 4) is 0 Å². The summed E-state index contributed by atoms with van der Waals surface area (Å²) >= 11 is 0. The highest BCUT2D eigenvalue weighted by molar-refractivity contribution is 5.68. The van der Waals surface area contributed by atoms with E-state index in [2.05, 4.69) is 0 Å². The first-order chi connectivity index (χ1) is 9.73. The lowest BCUT2D eigenvalue weighted by Gasteiger charge is -2.28. The maximum Gasteiger partial charge on any atom is 0.508 e. The lowest BCUT2D eigenvalue weighted by Crippen LogP contribution is -2.44. The Kier molecular flexibility index (Phi) is 6.26. The van der Waals surface area contributed by atoms with Gasteiger partial charge < -0.3 is 24.2 Å². The summed E-state index contributed by atoms with van der Waals surface area (Å²) in [5.41, 5.74) is -0.598. The van der Waals surface area contributed by atoms with E-state index in [1.54, 1.807) is 27.7 Å². The zero-order chi connectivity index (χ0) is 16.0. The summed E-state index contributed by atoms with van der Waals surface area (Å²) in [4.78, 5) is 24.9. The molecule has 0 aromatic rings. The number of ether oxygens (including phenoxy) is 3. The molecule has 2 atom stereocenters. The van der Waals surface area contributed by atoms with E-state index in [-0.39, 0.29) is 13.2 Å². The average Bonchev–Trinajstić information content (AvgIpc) is 2.50. The minimum Gasteiger partial charge on any atom is -0.444 e. The molecule has 1 aliphatic heterocycles. The van der Waals surface area contributed by atoms with Crippen molar-refractivity contribution in [2.75, 3.05) is 19.7 Å². The highest BCUT2D eigenvalue weighted by Gasteiger charge is 2.33. The summed E-state index contributed by atoms with van der Waals surface area (Å²) in [6.07, 6.45) is -1.88. The molecule has 1 amide bonds. The Morgan fingerprint density at radius 2 is 2.00 bits per heavy atom. The van der Waals surface area contributed by atoms with Crippen LogP contribution in [0.25, 0.3) is 0 Å². The van der Waals surface area contributed by atoms with Crippen molar-refractivity contribution in [3.63, 3.8) is 0 Å². The van der Waals surface area contributed by atoms with E-state index in [9.17, 15) is 14.7 Å². The Morgan fingerprint density at radius 3 is 2.57 bits per heavy atom. The summed E-state index contributed by atoms with van der Waals surface area (Å²) < 4.78 is 15.1. The molecule has 0 aromatic carbocycles. The Labute approximate surface area is 125 Å². The molecule has 0 aliphatic carbocycles. The highest BCUT2D eigenvalue weighted by atomic mass is 16.7. The van der Waals surface area contributed by atoms with Crippen LogP contribution in [-0.4, -0.2) is 59.8 Å². The van der Waals surface area contributed by atoms with Crippen LogP contribution in [0.1, 0.15) is 40.5 Å². The Balaban J connectivity index is 2.67. The van der Waals surface area contributed by atoms with E-state index < -0.39 is 30.1 Å². The fourth-order valence-corrected chi connectivity index (χ4v) is 1.99. The molecule has 1 rings (SSSR count). The molecule has 0 bridgehead atoms. The molecular weight excluding hydrogens is 278 g/mol. The molecule has 21 heavy (non-hydrogen) atoms. The molecule has 122 valence electrons. The molecule has 0 radical (unpaired) electrons. The molecule has 1 fully saturated rings. The zero-order valence-corrected chi connectivity index (χ0v) is 13.1. The average molecular weight is 303 g/mol. The largest absolute Gasteiger partial charge is 0.508 e. The van der Waals surface area contributed by atoms with Crippen molar-refractivity contribution in [1.29, 1.82) is 0 Å². The first-order valence-electron chi connectivity index (χ1n) is 7.22. The van der Waals surface area contributed by atoms with Gasteiger partial charge in [-0.1, -0.05) is 0 Å². The Hall–Kier alpha value is -1.50. The second-order valence-electron chi connectivity index (χ2n) is 5.98. The smallest absolute Gasteiger partial charge is 0.444 e. The lowest BCUT2D eigenvalue weighted by atomic mass is 10.1. The van der Waals surface area contributed by atoms with Crippen molar-refractivity contribution in [2.24, 2.45) is 0 Å². The van der Waals surface area contributed by atoms with Gasteiger partial charge >= 0.3 is 12.2 Å². The predicted octanol–water partition coefficient (Wildman–Crippen LogP) is 1.92. The summed E-state index contributed by atoms with van der Waals surface area (Å²) in [6, 6.07) is 0. The minimum atomic E-state index is -0.840. The van der Waals surface area contributed by atoms with Gasteiger partial charge in [0.15, 0.2) is 0 Å². The number of aliphatic hydroxyl groups excluding tert-OH is 1. The number of nitrogens with zero attached hydrogens (tertiary/aromatic N) is 1. The van der Waals surface area contributed by atoms with Crippen molar-refractivity contribution >= 4 is 12.2 Å². The van der Waals surface area contributed by atoms with E-state index in [4.69, 9.17) is 14.2 Å². The number of rotatable bonds is 2. The second-order valence-corrected chi connectivity index (χ2v) is 5.98. The molecule has 1 N–H and O–H groups in total. The van der Waals surface area contributed by atoms with E-state index in [0.717, 1.165) is 0 Å². The van der Waals surface area contributed by atoms with Crippen LogP contribution in [-0.2, 0) is 14.2 Å². The van der Waals surface area contributed by atoms with Crippen molar-refractivity contribution in [3.05, 3.63) is 0 Å². The van der Waals surface area contributed by atoms with Gasteiger partial charge in [0.05, 0.1) is 19.3 Å². The first-order valence-corrected chi connectivity index (χ1v) is 7.22. The Bertz CT molecular complexity index is 365. The molecule has 7 heteroatoms. The number of carbonyl (C=O) groups is 2. The van der Waals surface area contributed by atoms with Crippen molar-refractivity contribution in [2.45, 2.75) is 58.3 Å². The molecule has 1 aliphatic rings. The molecule has 0 aromatic heterocycles. The van der Waals surface area contributed by atoms with Crippen LogP contribution in [0.5, 0.6) is 0 Å². The van der Waals surface area contributed by atoms with Crippen LogP contribution in [0, 0.1) is 0 Å². The maximum absolute atomic E-state index is 12.1. The molecule has 1 saturated heterocycles. The van der Waals surface area contributed by atoms with Crippen LogP contribution in [0.2, 0.25) is 0 Å². The van der Waals surface area contributed by atoms with Crippen LogP contribution >= 0.6 is 0 Å². The maximum atomic E-state index is 12.1. The predicted molar refractivity (Wildman–Crippen MR) is 74.9 cm³/mol. The van der Waals surface area contributed by atoms with Crippen LogP contribution in [0.4, 0.5) is 9.59 Å². The number of likely N-dealkylation sites (tertiary alicyclic amines) is 1. The molecular formula is C14H25NO6. The molecule has 0 unspecified atom stereocenters. The number of hydrogen-bond acceptors (Lipinski definition) is 6. The summed E-state index contributed by atoms with van der Waals surface area (Å²) in [7, 11) is 0. The summed E-state index contributed by atoms with van der Waals surface area (Å²) in [5.74, 6) is 0. The third-order valence-electron chi connectivity index (χ3n) is 2.92. The van der Waals surface area contributed by atoms with E-state index >= 15 is 0 Å². The third-order valence-corrected chi connectivity index (χ3v) is 2.92. The van der Waals surface area contributed by atoms with E-state index in [1.165, 1.54) is 4.90 Å². The van der Waals surface area contributed by atoms with Crippen LogP contribution in [0.15, 0.2) is 0 Å². The van der Waals surface area contributed by atoms with Crippen molar-refractivity contribution < 1.29 is 28.9 Å². The zero-order valence-electron chi connectivity index (χ0n) is 13.1. The van der Waals surface area contributed by atoms with Crippen molar-refractivity contribution in [1.82, 2.24) is 4.90 Å². The van der Waals surface area contributed by atoms with E-state index in [0.29, 0.717) is 19.4 Å². The third kappa shape index (κ3) is 6.20. The SMILES string of the molecule is CCOC(=O)O[C@@H]1CN(C(=O)OC(C)(C)C)CCC[C@@H]1O. The summed E-state index contributed by atoms with van der Waals surface area (Å²) in [6.45, 7) is 7.75. The van der Waals surface area contributed by atoms with Gasteiger partial charge in [-0.25, -0.2) is 9.59 Å².